The Morgan fingerprint density at radius 1 is 1.11 bits per heavy atom. The van der Waals surface area contributed by atoms with Crippen LogP contribution in [0.1, 0.15) is 20.3 Å². The highest BCUT2D eigenvalue weighted by Gasteiger charge is 2.11. The van der Waals surface area contributed by atoms with Gasteiger partial charge in [0.15, 0.2) is 0 Å². The molecule has 106 valence electrons. The summed E-state index contributed by atoms with van der Waals surface area (Å²) in [6, 6.07) is 7.21. The lowest BCUT2D eigenvalue weighted by Gasteiger charge is -2.23. The standard InChI is InChI=1S/C13H22BNO4/c1-3-10-18-11-9-15(4-2)12-5-7-13(8-6-12)19-14(16)17/h5-8,16-17H,3-4,9-11H2,1-2H3. The number of ether oxygens (including phenoxy) is 1. The summed E-state index contributed by atoms with van der Waals surface area (Å²) in [6.45, 7) is 7.39. The first kappa shape index (κ1) is 15.8. The predicted octanol–water partition coefficient (Wildman–Crippen LogP) is 1.29. The third-order valence-electron chi connectivity index (χ3n) is 2.68. The van der Waals surface area contributed by atoms with E-state index in [9.17, 15) is 0 Å². The number of hydrogen-bond acceptors (Lipinski definition) is 5. The molecule has 0 fully saturated rings. The van der Waals surface area contributed by atoms with Crippen molar-refractivity contribution in [3.63, 3.8) is 0 Å². The predicted molar refractivity (Wildman–Crippen MR) is 76.3 cm³/mol. The van der Waals surface area contributed by atoms with E-state index in [4.69, 9.17) is 19.4 Å². The Labute approximate surface area is 114 Å². The van der Waals surface area contributed by atoms with Crippen molar-refractivity contribution in [1.29, 1.82) is 0 Å². The zero-order valence-corrected chi connectivity index (χ0v) is 11.6. The maximum atomic E-state index is 8.70. The number of rotatable bonds is 9. The summed E-state index contributed by atoms with van der Waals surface area (Å²) < 4.78 is 10.2. The number of benzene rings is 1. The molecule has 0 bridgehead atoms. The van der Waals surface area contributed by atoms with Gasteiger partial charge in [0.1, 0.15) is 5.75 Å². The molecule has 0 saturated carbocycles. The average Bonchev–Trinajstić information content (AvgIpc) is 2.40. The summed E-state index contributed by atoms with van der Waals surface area (Å²) in [5.74, 6) is 0.428. The van der Waals surface area contributed by atoms with Gasteiger partial charge in [-0.3, -0.25) is 0 Å². The van der Waals surface area contributed by atoms with Crippen LogP contribution in [0.4, 0.5) is 5.69 Å². The van der Waals surface area contributed by atoms with Crippen LogP contribution in [0.15, 0.2) is 24.3 Å². The smallest absolute Gasteiger partial charge is 0.512 e. The molecule has 19 heavy (non-hydrogen) atoms. The second-order valence-electron chi connectivity index (χ2n) is 4.13. The second kappa shape index (κ2) is 8.80. The minimum Gasteiger partial charge on any atom is -0.512 e. The first-order valence-corrected chi connectivity index (χ1v) is 6.63. The van der Waals surface area contributed by atoms with Gasteiger partial charge < -0.3 is 24.3 Å². The van der Waals surface area contributed by atoms with Crippen LogP contribution in [0, 0.1) is 0 Å². The highest BCUT2D eigenvalue weighted by atomic mass is 16.6. The van der Waals surface area contributed by atoms with E-state index in [0.717, 1.165) is 31.8 Å². The molecule has 0 radical (unpaired) electrons. The molecule has 0 aliphatic heterocycles. The second-order valence-corrected chi connectivity index (χ2v) is 4.13. The van der Waals surface area contributed by atoms with E-state index in [2.05, 4.69) is 18.7 Å². The van der Waals surface area contributed by atoms with Gasteiger partial charge in [0, 0.05) is 25.4 Å². The van der Waals surface area contributed by atoms with Crippen molar-refractivity contribution in [3.05, 3.63) is 24.3 Å². The molecule has 0 atom stereocenters. The molecular formula is C13H22BNO4. The Bertz CT molecular complexity index is 345. The molecule has 0 saturated heterocycles. The summed E-state index contributed by atoms with van der Waals surface area (Å²) in [6.07, 6.45) is 1.03. The molecule has 0 spiro atoms. The molecule has 1 aromatic rings. The summed E-state index contributed by atoms with van der Waals surface area (Å²) >= 11 is 0. The maximum Gasteiger partial charge on any atom is 0.707 e. The minimum atomic E-state index is -1.78. The van der Waals surface area contributed by atoms with Gasteiger partial charge in [-0.2, -0.15) is 0 Å². The lowest BCUT2D eigenvalue weighted by atomic mass is 10.2. The van der Waals surface area contributed by atoms with Crippen molar-refractivity contribution >= 4 is 13.0 Å². The van der Waals surface area contributed by atoms with E-state index in [1.54, 1.807) is 12.1 Å². The Morgan fingerprint density at radius 2 is 1.79 bits per heavy atom. The minimum absolute atomic E-state index is 0.428. The highest BCUT2D eigenvalue weighted by molar-refractivity contribution is 6.33. The molecule has 5 nitrogen and oxygen atoms in total. The van der Waals surface area contributed by atoms with Gasteiger partial charge in [0.2, 0.25) is 0 Å². The molecule has 0 aromatic heterocycles. The molecule has 1 aromatic carbocycles. The van der Waals surface area contributed by atoms with E-state index >= 15 is 0 Å². The van der Waals surface area contributed by atoms with Crippen LogP contribution in [-0.2, 0) is 4.74 Å². The molecular weight excluding hydrogens is 245 g/mol. The Balaban J connectivity index is 2.51. The van der Waals surface area contributed by atoms with E-state index < -0.39 is 7.32 Å². The topological polar surface area (TPSA) is 62.2 Å². The lowest BCUT2D eigenvalue weighted by molar-refractivity contribution is 0.141. The van der Waals surface area contributed by atoms with E-state index in [0.29, 0.717) is 12.4 Å². The molecule has 0 heterocycles. The SMILES string of the molecule is CCCOCCN(CC)c1ccc(OB(O)O)cc1. The number of hydrogen-bond donors (Lipinski definition) is 2. The maximum absolute atomic E-state index is 8.70. The zero-order chi connectivity index (χ0) is 14.1. The fourth-order valence-corrected chi connectivity index (χ4v) is 1.75. The van der Waals surface area contributed by atoms with Gasteiger partial charge >= 0.3 is 7.32 Å². The van der Waals surface area contributed by atoms with Crippen LogP contribution in [0.2, 0.25) is 0 Å². The van der Waals surface area contributed by atoms with Crippen LogP contribution in [0.5, 0.6) is 5.75 Å². The molecule has 0 amide bonds. The van der Waals surface area contributed by atoms with E-state index in [1.165, 1.54) is 0 Å². The van der Waals surface area contributed by atoms with Crippen molar-refractivity contribution in [1.82, 2.24) is 0 Å². The van der Waals surface area contributed by atoms with E-state index in [1.807, 2.05) is 12.1 Å². The number of anilines is 1. The van der Waals surface area contributed by atoms with Gasteiger partial charge in [-0.15, -0.1) is 0 Å². The zero-order valence-electron chi connectivity index (χ0n) is 11.6. The number of nitrogens with zero attached hydrogens (tertiary/aromatic N) is 1. The van der Waals surface area contributed by atoms with Crippen LogP contribution in [0.3, 0.4) is 0 Å². The third-order valence-corrected chi connectivity index (χ3v) is 2.68. The average molecular weight is 267 g/mol. The Hall–Kier alpha value is -1.24. The molecule has 0 unspecified atom stereocenters. The van der Waals surface area contributed by atoms with Crippen molar-refractivity contribution < 1.29 is 19.4 Å². The lowest BCUT2D eigenvalue weighted by Crippen LogP contribution is -2.27. The Morgan fingerprint density at radius 3 is 2.32 bits per heavy atom. The first-order chi connectivity index (χ1) is 9.17. The van der Waals surface area contributed by atoms with Gasteiger partial charge in [-0.1, -0.05) is 6.92 Å². The molecule has 6 heteroatoms. The largest absolute Gasteiger partial charge is 0.707 e. The quantitative estimate of drug-likeness (QED) is 0.521. The van der Waals surface area contributed by atoms with Gasteiger partial charge in [0.05, 0.1) is 6.61 Å². The van der Waals surface area contributed by atoms with Crippen LogP contribution >= 0.6 is 0 Å². The molecule has 2 N–H and O–H groups in total. The van der Waals surface area contributed by atoms with Gasteiger partial charge in [0.25, 0.3) is 0 Å². The van der Waals surface area contributed by atoms with E-state index in [-0.39, 0.29) is 0 Å². The van der Waals surface area contributed by atoms with Crippen molar-refractivity contribution in [2.24, 2.45) is 0 Å². The molecule has 0 aliphatic carbocycles. The third kappa shape index (κ3) is 5.96. The van der Waals surface area contributed by atoms with Crippen molar-refractivity contribution in [3.8, 4) is 5.75 Å². The summed E-state index contributed by atoms with van der Waals surface area (Å²) in [7, 11) is -1.78. The van der Waals surface area contributed by atoms with Crippen molar-refractivity contribution in [2.75, 3.05) is 31.2 Å². The van der Waals surface area contributed by atoms with Crippen LogP contribution in [0.25, 0.3) is 0 Å². The van der Waals surface area contributed by atoms with Gasteiger partial charge in [-0.05, 0) is 37.6 Å². The Kier molecular flexibility index (Phi) is 7.32. The summed E-state index contributed by atoms with van der Waals surface area (Å²) in [5, 5.41) is 17.4. The first-order valence-electron chi connectivity index (χ1n) is 6.63. The fraction of sp³-hybridized carbons (Fsp3) is 0.538. The van der Waals surface area contributed by atoms with Gasteiger partial charge in [-0.25, -0.2) is 0 Å². The van der Waals surface area contributed by atoms with Crippen LogP contribution < -0.4 is 9.55 Å². The molecule has 0 aliphatic rings. The number of likely N-dealkylation sites (N-methyl/N-ethyl adjacent to an activating group) is 1. The monoisotopic (exact) mass is 267 g/mol. The fourth-order valence-electron chi connectivity index (χ4n) is 1.75. The highest BCUT2D eigenvalue weighted by Crippen LogP contribution is 2.19. The molecule has 1 rings (SSSR count). The van der Waals surface area contributed by atoms with Crippen molar-refractivity contribution in [2.45, 2.75) is 20.3 Å². The summed E-state index contributed by atoms with van der Waals surface area (Å²) in [5.41, 5.74) is 1.06. The normalized spacial score (nSPS) is 10.3. The summed E-state index contributed by atoms with van der Waals surface area (Å²) in [4.78, 5) is 2.19. The van der Waals surface area contributed by atoms with Crippen LogP contribution in [-0.4, -0.2) is 43.7 Å².